The Bertz CT molecular complexity index is 1240. The number of benzene rings is 1. The van der Waals surface area contributed by atoms with Gasteiger partial charge in [0.15, 0.2) is 0 Å². The van der Waals surface area contributed by atoms with Crippen LogP contribution in [0.25, 0.3) is 0 Å². The number of aryl methyl sites for hydroxylation is 1. The lowest BCUT2D eigenvalue weighted by Gasteiger charge is -2.25. The number of esters is 1. The molecule has 1 heterocycles. The molecule has 3 rings (SSSR count). The lowest BCUT2D eigenvalue weighted by molar-refractivity contribution is -0.150. The van der Waals surface area contributed by atoms with Crippen molar-refractivity contribution in [3.8, 4) is 0 Å². The first-order chi connectivity index (χ1) is 16.6. The molecule has 0 radical (unpaired) electrons. The van der Waals surface area contributed by atoms with Gasteiger partial charge in [-0.05, 0) is 43.7 Å². The van der Waals surface area contributed by atoms with Gasteiger partial charge in [-0.1, -0.05) is 24.6 Å². The van der Waals surface area contributed by atoms with E-state index in [0.29, 0.717) is 4.57 Å². The monoisotopic (exact) mass is 506 g/mol. The summed E-state index contributed by atoms with van der Waals surface area (Å²) in [4.78, 5) is 50.9. The third kappa shape index (κ3) is 5.89. The Kier molecular flexibility index (Phi) is 8.64. The minimum Gasteiger partial charge on any atom is -0.467 e. The average molecular weight is 506 g/mol. The summed E-state index contributed by atoms with van der Waals surface area (Å²) in [6.07, 6.45) is 3.93. The van der Waals surface area contributed by atoms with Gasteiger partial charge in [-0.3, -0.25) is 18.7 Å². The molecule has 1 saturated carbocycles. The predicted molar refractivity (Wildman–Crippen MR) is 129 cm³/mol. The number of hydrogen-bond acceptors (Lipinski definition) is 8. The first kappa shape index (κ1) is 26.8. The molecular weight excluding hydrogens is 475 g/mol. The highest BCUT2D eigenvalue weighted by molar-refractivity contribution is 7.59. The van der Waals surface area contributed by atoms with Gasteiger partial charge in [0.25, 0.3) is 11.5 Å². The van der Waals surface area contributed by atoms with E-state index < -0.39 is 36.3 Å². The van der Waals surface area contributed by atoms with Gasteiger partial charge in [0, 0.05) is 37.6 Å². The van der Waals surface area contributed by atoms with Gasteiger partial charge < -0.3 is 14.0 Å². The van der Waals surface area contributed by atoms with Crippen molar-refractivity contribution in [1.29, 1.82) is 0 Å². The summed E-state index contributed by atoms with van der Waals surface area (Å²) in [5.74, 6) is -2.83. The molecule has 0 aliphatic heterocycles. The Balaban J connectivity index is 1.83. The van der Waals surface area contributed by atoms with Gasteiger partial charge in [-0.15, -0.1) is 0 Å². The highest BCUT2D eigenvalue weighted by Crippen LogP contribution is 2.48. The lowest BCUT2D eigenvalue weighted by Crippen LogP contribution is -2.45. The third-order valence-electron chi connectivity index (χ3n) is 6.46. The molecule has 0 spiro atoms. The quantitative estimate of drug-likeness (QED) is 0.376. The molecular formula is C24H31N2O8P. The molecule has 1 aromatic carbocycles. The van der Waals surface area contributed by atoms with Gasteiger partial charge in [0.1, 0.15) is 0 Å². The van der Waals surface area contributed by atoms with Crippen molar-refractivity contribution in [3.63, 3.8) is 0 Å². The Morgan fingerprint density at radius 3 is 2.40 bits per heavy atom. The molecule has 0 bridgehead atoms. The summed E-state index contributed by atoms with van der Waals surface area (Å²) in [5.41, 5.74) is -0.832. The van der Waals surface area contributed by atoms with Crippen LogP contribution >= 0.6 is 7.37 Å². The maximum Gasteiger partial charge on any atom is 0.345 e. The fourth-order valence-corrected chi connectivity index (χ4v) is 5.42. The molecule has 10 nitrogen and oxygen atoms in total. The number of hydrogen-bond donors (Lipinski definition) is 0. The second-order valence-electron chi connectivity index (χ2n) is 8.81. The molecule has 0 N–H and O–H groups in total. The van der Waals surface area contributed by atoms with E-state index in [1.165, 1.54) is 31.6 Å². The summed E-state index contributed by atoms with van der Waals surface area (Å²) in [6.45, 7) is 3.28. The molecule has 0 amide bonds. The number of nitrogens with zero attached hydrogens (tertiary/aromatic N) is 2. The zero-order chi connectivity index (χ0) is 25.8. The van der Waals surface area contributed by atoms with Crippen molar-refractivity contribution in [2.45, 2.75) is 38.6 Å². The summed E-state index contributed by atoms with van der Waals surface area (Å²) < 4.78 is 30.1. The summed E-state index contributed by atoms with van der Waals surface area (Å²) in [7, 11) is -0.957. The van der Waals surface area contributed by atoms with Crippen molar-refractivity contribution in [2.75, 3.05) is 27.5 Å². The number of carbonyl (C=O) groups excluding carboxylic acids is 2. The van der Waals surface area contributed by atoms with Gasteiger partial charge in [-0.25, -0.2) is 9.59 Å². The van der Waals surface area contributed by atoms with E-state index in [1.54, 1.807) is 37.3 Å². The van der Waals surface area contributed by atoms with E-state index in [-0.39, 0.29) is 36.1 Å². The van der Waals surface area contributed by atoms with Crippen LogP contribution in [0.15, 0.2) is 46.1 Å². The van der Waals surface area contributed by atoms with E-state index in [4.69, 9.17) is 14.0 Å². The Hall–Kier alpha value is -2.81. The normalized spacial score (nSPS) is 20.2. The van der Waals surface area contributed by atoms with Crippen molar-refractivity contribution >= 4 is 19.2 Å². The van der Waals surface area contributed by atoms with E-state index in [1.807, 2.05) is 0 Å². The van der Waals surface area contributed by atoms with Crippen LogP contribution in [0.5, 0.6) is 0 Å². The van der Waals surface area contributed by atoms with Crippen molar-refractivity contribution < 1.29 is 28.2 Å². The van der Waals surface area contributed by atoms with E-state index in [9.17, 15) is 23.7 Å². The molecule has 1 fully saturated rings. The van der Waals surface area contributed by atoms with Crippen molar-refractivity contribution in [1.82, 2.24) is 9.13 Å². The Labute approximate surface area is 203 Å². The van der Waals surface area contributed by atoms with Crippen LogP contribution in [0.4, 0.5) is 0 Å². The number of carbonyl (C=O) groups is 2. The second-order valence-corrected chi connectivity index (χ2v) is 11.5. The van der Waals surface area contributed by atoms with Crippen LogP contribution in [-0.4, -0.2) is 54.3 Å². The molecule has 2 aromatic rings. The number of aromatic nitrogens is 2. The lowest BCUT2D eigenvalue weighted by atomic mass is 9.97. The maximum absolute atomic E-state index is 13.2. The molecule has 2 unspecified atom stereocenters. The van der Waals surface area contributed by atoms with E-state index in [0.717, 1.165) is 19.3 Å². The summed E-state index contributed by atoms with van der Waals surface area (Å²) in [5, 5.41) is 0. The second kappa shape index (κ2) is 11.3. The Morgan fingerprint density at radius 1 is 1.11 bits per heavy atom. The molecule has 1 aliphatic rings. The van der Waals surface area contributed by atoms with Gasteiger partial charge in [0.05, 0.1) is 13.7 Å². The van der Waals surface area contributed by atoms with Crippen molar-refractivity contribution in [3.05, 3.63) is 68.5 Å². The van der Waals surface area contributed by atoms with E-state index >= 15 is 0 Å². The first-order valence-corrected chi connectivity index (χ1v) is 13.5. The SMILES string of the molecule is COC(=O)C(OC[C@@H]1CCC[C@H]1Cn1cc(C)c(=O)n(C(=O)c2ccccc2)c1=O)P(C)(=O)OC. The topological polar surface area (TPSA) is 123 Å². The number of ether oxygens (including phenoxy) is 2. The molecule has 11 heteroatoms. The Morgan fingerprint density at radius 2 is 1.77 bits per heavy atom. The van der Waals surface area contributed by atoms with Crippen LogP contribution < -0.4 is 11.2 Å². The third-order valence-corrected chi connectivity index (χ3v) is 8.39. The number of methoxy groups -OCH3 is 1. The zero-order valence-corrected chi connectivity index (χ0v) is 21.2. The largest absolute Gasteiger partial charge is 0.467 e. The fourth-order valence-electron chi connectivity index (χ4n) is 4.39. The van der Waals surface area contributed by atoms with Crippen LogP contribution in [0.1, 0.15) is 35.2 Å². The van der Waals surface area contributed by atoms with Crippen LogP contribution in [0, 0.1) is 18.8 Å². The molecule has 4 atom stereocenters. The molecule has 0 saturated heterocycles. The van der Waals surface area contributed by atoms with Gasteiger partial charge >= 0.3 is 11.7 Å². The molecule has 1 aromatic heterocycles. The first-order valence-electron chi connectivity index (χ1n) is 11.4. The van der Waals surface area contributed by atoms with Gasteiger partial charge in [0.2, 0.25) is 13.2 Å². The zero-order valence-electron chi connectivity index (χ0n) is 20.3. The smallest absolute Gasteiger partial charge is 0.345 e. The summed E-state index contributed by atoms with van der Waals surface area (Å²) >= 11 is 0. The van der Waals surface area contributed by atoms with Crippen molar-refractivity contribution in [2.24, 2.45) is 11.8 Å². The maximum atomic E-state index is 13.2. The fraction of sp³-hybridized carbons (Fsp3) is 0.500. The number of rotatable bonds is 9. The molecule has 1 aliphatic carbocycles. The molecule has 190 valence electrons. The van der Waals surface area contributed by atoms with Gasteiger partial charge in [-0.2, -0.15) is 4.57 Å². The minimum absolute atomic E-state index is 0.0121. The standard InChI is InChI=1S/C24H31N2O8P/c1-16-13-25(24(30)26(20(16)27)21(28)17-9-6-5-7-10-17)14-18-11-8-12-19(18)15-34-23(22(29)32-2)35(4,31)33-3/h5-7,9-10,13,18-19,23H,8,11-12,14-15H2,1-4H3/t18-,19-,23?,35?/m0/s1. The highest BCUT2D eigenvalue weighted by Gasteiger charge is 2.39. The highest BCUT2D eigenvalue weighted by atomic mass is 31.2. The minimum atomic E-state index is -3.39. The molecule has 35 heavy (non-hydrogen) atoms. The van der Waals surface area contributed by atoms with Crippen LogP contribution in [0.2, 0.25) is 0 Å². The predicted octanol–water partition coefficient (Wildman–Crippen LogP) is 2.49. The van der Waals surface area contributed by atoms with E-state index in [2.05, 4.69) is 0 Å². The average Bonchev–Trinajstić information content (AvgIpc) is 3.29. The van der Waals surface area contributed by atoms with Crippen LogP contribution in [-0.2, 0) is 29.9 Å². The van der Waals surface area contributed by atoms with Crippen LogP contribution in [0.3, 0.4) is 0 Å². The summed E-state index contributed by atoms with van der Waals surface area (Å²) in [6, 6.07) is 8.17.